The van der Waals surface area contributed by atoms with Crippen LogP contribution in [-0.2, 0) is 13.6 Å². The molecule has 0 aromatic carbocycles. The third-order valence-electron chi connectivity index (χ3n) is 7.96. The molecule has 0 bridgehead atoms. The van der Waals surface area contributed by atoms with Gasteiger partial charge < -0.3 is 4.89 Å². The van der Waals surface area contributed by atoms with Crippen LogP contribution in [0.1, 0.15) is 194 Å². The van der Waals surface area contributed by atoms with Gasteiger partial charge in [0.15, 0.2) is 6.84 Å². The Morgan fingerprint density at radius 2 is 0.711 bits per heavy atom. The molecule has 0 amide bonds. The van der Waals surface area contributed by atoms with E-state index in [0.717, 1.165) is 51.4 Å². The maximum absolute atomic E-state index is 12.7. The number of hydrogen-bond acceptors (Lipinski definition) is 3. The Hall–Kier alpha value is 1.51. The monoisotopic (exact) mass is 910 g/mol. The topological polar surface area (TPSA) is 55.8 Å². The van der Waals surface area contributed by atoms with Crippen molar-refractivity contribution in [2.75, 3.05) is 0 Å². The number of rotatable bonds is 34. The molecular weight excluding hydrogens is 847 g/mol. The van der Waals surface area contributed by atoms with Crippen molar-refractivity contribution in [2.45, 2.75) is 200 Å². The molecule has 268 valence electrons. The quantitative estimate of drug-likeness (QED) is 0.0302. The van der Waals surface area contributed by atoms with Crippen molar-refractivity contribution in [1.29, 1.82) is 0 Å². The highest BCUT2D eigenvalue weighted by atomic mass is 79.9. The second-order valence-electron chi connectivity index (χ2n) is 12.6. The molecule has 0 aliphatic rings. The summed E-state index contributed by atoms with van der Waals surface area (Å²) in [5, 5.41) is 0. The summed E-state index contributed by atoms with van der Waals surface area (Å²) in [4.78, 5) is 10.4. The van der Waals surface area contributed by atoms with Crippen molar-refractivity contribution in [3.05, 3.63) is 24.3 Å². The van der Waals surface area contributed by atoms with Crippen LogP contribution >= 0.6 is 71.5 Å². The lowest BCUT2D eigenvalue weighted by Crippen LogP contribution is -2.20. The SMILES string of the molecule is CCCCCCCC/C=C\CCCCCCCC(Br)(Br)OP(=O)(O)OC(Br)(Br)CCCCCCC/C=C\CCCCCCCC. The molecule has 0 rings (SSSR count). The summed E-state index contributed by atoms with van der Waals surface area (Å²) in [6, 6.07) is 0. The van der Waals surface area contributed by atoms with E-state index in [4.69, 9.17) is 9.05 Å². The van der Waals surface area contributed by atoms with E-state index in [1.807, 2.05) is 0 Å². The molecule has 0 aromatic rings. The highest BCUT2D eigenvalue weighted by molar-refractivity contribution is 9.25. The van der Waals surface area contributed by atoms with Crippen LogP contribution in [0.2, 0.25) is 0 Å². The molecule has 0 unspecified atom stereocenters. The van der Waals surface area contributed by atoms with Crippen LogP contribution < -0.4 is 0 Å². The van der Waals surface area contributed by atoms with E-state index in [1.54, 1.807) is 0 Å². The molecule has 0 atom stereocenters. The molecule has 0 aromatic heterocycles. The van der Waals surface area contributed by atoms with Gasteiger partial charge in [-0.3, -0.25) is 9.05 Å². The van der Waals surface area contributed by atoms with Crippen LogP contribution in [0.15, 0.2) is 24.3 Å². The zero-order chi connectivity index (χ0) is 33.5. The molecule has 0 fully saturated rings. The normalized spacial score (nSPS) is 13.1. The molecule has 45 heavy (non-hydrogen) atoms. The molecule has 4 nitrogen and oxygen atoms in total. The fraction of sp³-hybridized carbons (Fsp3) is 0.889. The number of halogens is 4. The van der Waals surface area contributed by atoms with E-state index in [0.29, 0.717) is 12.8 Å². The number of unbranched alkanes of at least 4 members (excludes halogenated alkanes) is 22. The van der Waals surface area contributed by atoms with Gasteiger partial charge in [0, 0.05) is 0 Å². The molecule has 1 N–H and O–H groups in total. The number of phosphoric acid groups is 1. The summed E-state index contributed by atoms with van der Waals surface area (Å²) < 4.78 is 21.5. The number of hydrogen-bond donors (Lipinski definition) is 1. The first-order chi connectivity index (χ1) is 21.5. The highest BCUT2D eigenvalue weighted by Gasteiger charge is 2.40. The van der Waals surface area contributed by atoms with Crippen LogP contribution in [-0.4, -0.2) is 11.7 Å². The fourth-order valence-corrected chi connectivity index (χ4v) is 9.46. The van der Waals surface area contributed by atoms with E-state index in [-0.39, 0.29) is 0 Å². The minimum atomic E-state index is -4.32. The Kier molecular flexibility index (Phi) is 32.5. The van der Waals surface area contributed by atoms with E-state index >= 15 is 0 Å². The molecule has 0 saturated carbocycles. The molecule has 0 radical (unpaired) electrons. The molecule has 0 aliphatic heterocycles. The van der Waals surface area contributed by atoms with Gasteiger partial charge in [-0.1, -0.05) is 141 Å². The summed E-state index contributed by atoms with van der Waals surface area (Å²) in [6.45, 7) is 4.53. The van der Waals surface area contributed by atoms with Crippen LogP contribution in [0.3, 0.4) is 0 Å². The molecule has 0 heterocycles. The Labute approximate surface area is 312 Å². The van der Waals surface area contributed by atoms with Gasteiger partial charge in [-0.15, -0.1) is 0 Å². The van der Waals surface area contributed by atoms with Gasteiger partial charge >= 0.3 is 7.82 Å². The van der Waals surface area contributed by atoms with Gasteiger partial charge in [0.2, 0.25) is 0 Å². The van der Waals surface area contributed by atoms with E-state index < -0.39 is 14.7 Å². The summed E-state index contributed by atoms with van der Waals surface area (Å²) in [7, 11) is -4.32. The number of allylic oxidation sites excluding steroid dienone is 4. The Bertz CT molecular complexity index is 703. The highest BCUT2D eigenvalue weighted by Crippen LogP contribution is 2.58. The van der Waals surface area contributed by atoms with Gasteiger partial charge in [0.1, 0.15) is 0 Å². The first-order valence-corrected chi connectivity index (χ1v) is 23.0. The van der Waals surface area contributed by atoms with Crippen molar-refractivity contribution in [3.63, 3.8) is 0 Å². The maximum Gasteiger partial charge on any atom is 0.476 e. The molecule has 0 saturated heterocycles. The second kappa shape index (κ2) is 31.5. The Balaban J connectivity index is 3.87. The van der Waals surface area contributed by atoms with Gasteiger partial charge in [-0.05, 0) is 141 Å². The predicted molar refractivity (Wildman–Crippen MR) is 212 cm³/mol. The van der Waals surface area contributed by atoms with E-state index in [2.05, 4.69) is 102 Å². The Morgan fingerprint density at radius 1 is 0.467 bits per heavy atom. The minimum Gasteiger partial charge on any atom is -0.302 e. The van der Waals surface area contributed by atoms with Gasteiger partial charge in [-0.2, -0.15) is 0 Å². The first kappa shape index (κ1) is 46.5. The first-order valence-electron chi connectivity index (χ1n) is 18.3. The van der Waals surface area contributed by atoms with Gasteiger partial charge in [0.05, 0.1) is 0 Å². The lowest BCUT2D eigenvalue weighted by Gasteiger charge is -2.28. The third-order valence-corrected chi connectivity index (χ3v) is 12.3. The van der Waals surface area contributed by atoms with Gasteiger partial charge in [-0.25, -0.2) is 4.57 Å². The lowest BCUT2D eigenvalue weighted by atomic mass is 10.1. The minimum absolute atomic E-state index is 0.560. The number of alkyl halides is 4. The summed E-state index contributed by atoms with van der Waals surface area (Å²) in [5.74, 6) is 0. The maximum atomic E-state index is 12.7. The average molecular weight is 915 g/mol. The standard InChI is InChI=1S/C36H67Br4O4P/c1-3-5-7-9-11-13-15-17-19-21-23-25-27-29-31-33-35(37,38)43-45(41,42)44-36(39,40)34-32-30-28-26-24-22-20-18-16-14-12-10-8-6-4-2/h17-20H,3-16,21-34H2,1-2H3,(H,41,42)/b19-17-,20-18-. The van der Waals surface area contributed by atoms with Crippen LogP contribution in [0.25, 0.3) is 0 Å². The second-order valence-corrected chi connectivity index (χ2v) is 21.1. The summed E-state index contributed by atoms with van der Waals surface area (Å²) in [6.07, 6.45) is 42.5. The number of phosphoric ester groups is 1. The van der Waals surface area contributed by atoms with Crippen molar-refractivity contribution in [2.24, 2.45) is 0 Å². The average Bonchev–Trinajstić information content (AvgIpc) is 2.95. The van der Waals surface area contributed by atoms with Crippen molar-refractivity contribution < 1.29 is 18.5 Å². The van der Waals surface area contributed by atoms with Crippen molar-refractivity contribution >= 4 is 71.5 Å². The van der Waals surface area contributed by atoms with Crippen LogP contribution in [0.4, 0.5) is 0 Å². The molecule has 0 aliphatic carbocycles. The van der Waals surface area contributed by atoms with Crippen molar-refractivity contribution in [3.8, 4) is 0 Å². The van der Waals surface area contributed by atoms with E-state index in [9.17, 15) is 9.46 Å². The fourth-order valence-electron chi connectivity index (χ4n) is 5.25. The Morgan fingerprint density at radius 3 is 1.00 bits per heavy atom. The zero-order valence-corrected chi connectivity index (χ0v) is 36.0. The third kappa shape index (κ3) is 35.1. The van der Waals surface area contributed by atoms with Crippen LogP contribution in [0.5, 0.6) is 0 Å². The van der Waals surface area contributed by atoms with E-state index in [1.165, 1.54) is 116 Å². The lowest BCUT2D eigenvalue weighted by molar-refractivity contribution is 0.110. The largest absolute Gasteiger partial charge is 0.476 e. The zero-order valence-electron chi connectivity index (χ0n) is 28.7. The molecule has 9 heteroatoms. The molecular formula is C36H67Br4O4P. The van der Waals surface area contributed by atoms with Crippen molar-refractivity contribution in [1.82, 2.24) is 0 Å². The molecule has 0 spiro atoms. The van der Waals surface area contributed by atoms with Crippen LogP contribution in [0, 0.1) is 0 Å². The van der Waals surface area contributed by atoms with Gasteiger partial charge in [0.25, 0.3) is 0 Å². The smallest absolute Gasteiger partial charge is 0.302 e. The summed E-state index contributed by atoms with van der Waals surface area (Å²) in [5.41, 5.74) is 0. The predicted octanol–water partition coefficient (Wildman–Crippen LogP) is 16.1. The summed E-state index contributed by atoms with van der Waals surface area (Å²) >= 11 is 13.7.